The molecule has 0 spiro atoms. The molecule has 0 heterocycles. The van der Waals surface area contributed by atoms with Crippen LogP contribution in [0.15, 0.2) is 180 Å². The predicted octanol–water partition coefficient (Wildman–Crippen LogP) is 13.6. The Morgan fingerprint density at radius 2 is 0.688 bits per heavy atom. The molecule has 10 nitrogen and oxygen atoms in total. The first-order chi connectivity index (χ1) is 31.4. The van der Waals surface area contributed by atoms with Crippen molar-refractivity contribution in [2.24, 2.45) is 9.98 Å². The second-order valence-corrected chi connectivity index (χ2v) is 14.5. The normalized spacial score (nSPS) is 11.0. The maximum Gasteiger partial charge on any atom is 0.343 e. The first kappa shape index (κ1) is 44.1. The summed E-state index contributed by atoms with van der Waals surface area (Å²) < 4.78 is 34.5. The van der Waals surface area contributed by atoms with Crippen LogP contribution in [-0.4, -0.2) is 37.6 Å². The van der Waals surface area contributed by atoms with Gasteiger partial charge in [-0.15, -0.1) is 0 Å². The zero-order valence-electron chi connectivity index (χ0n) is 35.7. The minimum Gasteiger partial charge on any atom is -0.494 e. The Morgan fingerprint density at radius 1 is 0.391 bits per heavy atom. The van der Waals surface area contributed by atoms with Crippen molar-refractivity contribution in [3.05, 3.63) is 192 Å². The van der Waals surface area contributed by atoms with Crippen LogP contribution in [0.25, 0.3) is 0 Å². The molecular formula is C54H48N2O8. The zero-order valence-corrected chi connectivity index (χ0v) is 35.7. The summed E-state index contributed by atoms with van der Waals surface area (Å²) in [4.78, 5) is 34.4. The molecule has 64 heavy (non-hydrogen) atoms. The van der Waals surface area contributed by atoms with Gasteiger partial charge < -0.3 is 28.4 Å². The van der Waals surface area contributed by atoms with Crippen molar-refractivity contribution in [2.45, 2.75) is 39.5 Å². The van der Waals surface area contributed by atoms with Gasteiger partial charge in [-0.25, -0.2) is 9.59 Å². The van der Waals surface area contributed by atoms with Gasteiger partial charge in [-0.05, 0) is 194 Å². The molecule has 7 aromatic carbocycles. The number of carbonyl (C=O) groups is 2. The molecule has 10 heteroatoms. The summed E-state index contributed by atoms with van der Waals surface area (Å²) in [6.07, 6.45) is 7.57. The molecule has 0 unspecified atom stereocenters. The van der Waals surface area contributed by atoms with Crippen molar-refractivity contribution in [2.75, 3.05) is 13.2 Å². The second kappa shape index (κ2) is 22.7. The molecule has 0 aliphatic rings. The molecule has 0 amide bonds. The number of unbranched alkanes of at least 4 members (excludes halogenated alkanes) is 2. The lowest BCUT2D eigenvalue weighted by molar-refractivity contribution is 0.0725. The third-order valence-corrected chi connectivity index (χ3v) is 9.59. The summed E-state index contributed by atoms with van der Waals surface area (Å²) in [7, 11) is 0. The summed E-state index contributed by atoms with van der Waals surface area (Å²) in [5.41, 5.74) is 4.12. The van der Waals surface area contributed by atoms with Gasteiger partial charge in [0.2, 0.25) is 0 Å². The fourth-order valence-corrected chi connectivity index (χ4v) is 5.97. The Balaban J connectivity index is 0.826. The smallest absolute Gasteiger partial charge is 0.343 e. The van der Waals surface area contributed by atoms with E-state index < -0.39 is 11.9 Å². The molecule has 0 bridgehead atoms. The molecule has 0 fully saturated rings. The van der Waals surface area contributed by atoms with Gasteiger partial charge in [-0.1, -0.05) is 26.7 Å². The number of carbonyl (C=O) groups excluding carboxylic acids is 2. The molecule has 0 saturated carbocycles. The molecule has 0 aromatic heterocycles. The van der Waals surface area contributed by atoms with Crippen molar-refractivity contribution in [1.82, 2.24) is 0 Å². The van der Waals surface area contributed by atoms with E-state index in [4.69, 9.17) is 28.4 Å². The third-order valence-electron chi connectivity index (χ3n) is 9.59. The highest BCUT2D eigenvalue weighted by Crippen LogP contribution is 2.29. The summed E-state index contributed by atoms with van der Waals surface area (Å²) >= 11 is 0. The maximum atomic E-state index is 12.6. The van der Waals surface area contributed by atoms with Crippen LogP contribution in [0.4, 0.5) is 11.4 Å². The molecule has 0 N–H and O–H groups in total. The minimum absolute atomic E-state index is 0.436. The monoisotopic (exact) mass is 852 g/mol. The largest absolute Gasteiger partial charge is 0.494 e. The van der Waals surface area contributed by atoms with E-state index in [0.717, 1.165) is 59.7 Å². The fraction of sp³-hybridized carbons (Fsp3) is 0.148. The summed E-state index contributed by atoms with van der Waals surface area (Å²) in [5.74, 6) is 4.12. The van der Waals surface area contributed by atoms with Gasteiger partial charge >= 0.3 is 11.9 Å². The van der Waals surface area contributed by atoms with Crippen molar-refractivity contribution in [3.63, 3.8) is 0 Å². The van der Waals surface area contributed by atoms with Crippen molar-refractivity contribution in [3.8, 4) is 46.0 Å². The molecule has 0 aliphatic carbocycles. The maximum absolute atomic E-state index is 12.6. The fourth-order valence-electron chi connectivity index (χ4n) is 5.97. The van der Waals surface area contributed by atoms with Gasteiger partial charge in [0.05, 0.1) is 35.7 Å². The minimum atomic E-state index is -0.436. The van der Waals surface area contributed by atoms with Crippen LogP contribution in [0.1, 0.15) is 71.4 Å². The average Bonchev–Trinajstić information content (AvgIpc) is 3.33. The third kappa shape index (κ3) is 13.5. The van der Waals surface area contributed by atoms with E-state index in [-0.39, 0.29) is 0 Å². The average molecular weight is 853 g/mol. The summed E-state index contributed by atoms with van der Waals surface area (Å²) in [6.45, 7) is 5.52. The number of rotatable bonds is 20. The SMILES string of the molecule is CCCCOc1ccc(C(=O)Oc2ccc(C=Nc3ccc(Oc4ccc(Oc5ccc(N=Cc6ccc(OC(=O)c7ccc(OCCCC)cc7)cc6)cc5)cc4)cc3)cc2)cc1. The van der Waals surface area contributed by atoms with E-state index >= 15 is 0 Å². The Labute approximate surface area is 373 Å². The van der Waals surface area contributed by atoms with Crippen molar-refractivity contribution >= 4 is 35.7 Å². The molecule has 0 radical (unpaired) electrons. The Bertz CT molecular complexity index is 2420. The first-order valence-electron chi connectivity index (χ1n) is 21.2. The van der Waals surface area contributed by atoms with Gasteiger partial charge in [0, 0.05) is 12.4 Å². The number of hydrogen-bond acceptors (Lipinski definition) is 10. The van der Waals surface area contributed by atoms with Crippen LogP contribution in [0, 0.1) is 0 Å². The quantitative estimate of drug-likeness (QED) is 0.0322. The highest BCUT2D eigenvalue weighted by atomic mass is 16.5. The highest BCUT2D eigenvalue weighted by Gasteiger charge is 2.11. The zero-order chi connectivity index (χ0) is 44.4. The molecule has 7 rings (SSSR count). The lowest BCUT2D eigenvalue weighted by Gasteiger charge is -2.09. The highest BCUT2D eigenvalue weighted by molar-refractivity contribution is 5.92. The Morgan fingerprint density at radius 3 is 1.02 bits per heavy atom. The van der Waals surface area contributed by atoms with Gasteiger partial charge in [-0.3, -0.25) is 9.98 Å². The summed E-state index contributed by atoms with van der Waals surface area (Å²) in [6, 6.07) is 50.5. The summed E-state index contributed by atoms with van der Waals surface area (Å²) in [5, 5.41) is 0. The lowest BCUT2D eigenvalue weighted by atomic mass is 10.2. The molecular weight excluding hydrogens is 805 g/mol. The van der Waals surface area contributed by atoms with Crippen molar-refractivity contribution in [1.29, 1.82) is 0 Å². The van der Waals surface area contributed by atoms with E-state index in [0.29, 0.717) is 58.8 Å². The van der Waals surface area contributed by atoms with Gasteiger partial charge in [0.1, 0.15) is 46.0 Å². The van der Waals surface area contributed by atoms with Crippen LogP contribution in [0.5, 0.6) is 46.0 Å². The van der Waals surface area contributed by atoms with E-state index in [1.807, 2.05) is 97.1 Å². The number of benzene rings is 7. The van der Waals surface area contributed by atoms with Crippen LogP contribution < -0.4 is 28.4 Å². The number of hydrogen-bond donors (Lipinski definition) is 0. The molecule has 0 saturated heterocycles. The predicted molar refractivity (Wildman–Crippen MR) is 250 cm³/mol. The topological polar surface area (TPSA) is 114 Å². The standard InChI is InChI=1S/C54H48N2O8/c1-3-5-35-59-45-23-11-41(12-24-45)53(57)63-51-19-7-39(8-20-51)37-55-43-15-27-47(28-16-43)61-49-31-33-50(34-32-49)62-48-29-17-44(18-30-48)56-38-40-9-21-52(22-10-40)64-54(58)42-13-25-46(26-14-42)60-36-6-4-2/h7-34,37-38H,3-6,35-36H2,1-2H3. The van der Waals surface area contributed by atoms with Crippen LogP contribution in [0.3, 0.4) is 0 Å². The van der Waals surface area contributed by atoms with Gasteiger partial charge in [0.15, 0.2) is 0 Å². The molecule has 0 aliphatic heterocycles. The van der Waals surface area contributed by atoms with E-state index in [1.54, 1.807) is 85.2 Å². The van der Waals surface area contributed by atoms with E-state index in [2.05, 4.69) is 23.8 Å². The van der Waals surface area contributed by atoms with Gasteiger partial charge in [0.25, 0.3) is 0 Å². The lowest BCUT2D eigenvalue weighted by Crippen LogP contribution is -2.08. The van der Waals surface area contributed by atoms with Crippen molar-refractivity contribution < 1.29 is 38.0 Å². The van der Waals surface area contributed by atoms with E-state index in [9.17, 15) is 9.59 Å². The first-order valence-corrected chi connectivity index (χ1v) is 21.2. The Hall–Kier alpha value is -7.98. The molecule has 322 valence electrons. The number of esters is 2. The molecule has 0 atom stereocenters. The number of ether oxygens (including phenoxy) is 6. The molecule has 7 aromatic rings. The van der Waals surface area contributed by atoms with Crippen LogP contribution in [0.2, 0.25) is 0 Å². The second-order valence-electron chi connectivity index (χ2n) is 14.5. The van der Waals surface area contributed by atoms with Crippen LogP contribution >= 0.6 is 0 Å². The van der Waals surface area contributed by atoms with Gasteiger partial charge in [-0.2, -0.15) is 0 Å². The number of aliphatic imine (C=N–C) groups is 2. The van der Waals surface area contributed by atoms with E-state index in [1.165, 1.54) is 0 Å². The van der Waals surface area contributed by atoms with Crippen LogP contribution in [-0.2, 0) is 0 Å². The Kier molecular flexibility index (Phi) is 15.7. The number of nitrogens with zero attached hydrogens (tertiary/aromatic N) is 2.